The van der Waals surface area contributed by atoms with Crippen LogP contribution >= 0.6 is 0 Å². The second kappa shape index (κ2) is 10.6. The van der Waals surface area contributed by atoms with Crippen molar-refractivity contribution >= 4 is 11.9 Å². The number of amides is 1. The van der Waals surface area contributed by atoms with E-state index in [1.54, 1.807) is 10.00 Å². The summed E-state index contributed by atoms with van der Waals surface area (Å²) in [5.41, 5.74) is -3.89. The maximum absolute atomic E-state index is 12.9. The van der Waals surface area contributed by atoms with Crippen molar-refractivity contribution < 1.29 is 36.2 Å². The third-order valence-electron chi connectivity index (χ3n) is 5.26. The van der Waals surface area contributed by atoms with E-state index in [-0.39, 0.29) is 56.7 Å². The quantitative estimate of drug-likeness (QED) is 0.468. The van der Waals surface area contributed by atoms with Gasteiger partial charge in [-0.05, 0) is 6.07 Å². The number of rotatable bonds is 7. The van der Waals surface area contributed by atoms with E-state index in [1.807, 2.05) is 0 Å². The lowest BCUT2D eigenvalue weighted by Gasteiger charge is -2.35. The highest BCUT2D eigenvalue weighted by atomic mass is 19.4. The Kier molecular flexibility index (Phi) is 7.94. The van der Waals surface area contributed by atoms with Gasteiger partial charge < -0.3 is 20.2 Å². The molecule has 0 bridgehead atoms. The van der Waals surface area contributed by atoms with Crippen molar-refractivity contribution in [2.45, 2.75) is 31.4 Å². The number of aliphatic hydroxyl groups is 1. The van der Waals surface area contributed by atoms with Crippen LogP contribution in [0.2, 0.25) is 0 Å². The van der Waals surface area contributed by atoms with Gasteiger partial charge in [0.05, 0.1) is 17.9 Å². The summed E-state index contributed by atoms with van der Waals surface area (Å²) in [5.74, 6) is -0.235. The Hall–Kier alpha value is -3.27. The molecule has 0 aliphatic carbocycles. The number of carbonyl (C=O) groups excluding carboxylic acids is 1. The van der Waals surface area contributed by atoms with Gasteiger partial charge in [0, 0.05) is 57.6 Å². The minimum absolute atomic E-state index is 0.103. The topological polar surface area (TPSA) is 127 Å². The molecule has 3 heterocycles. The van der Waals surface area contributed by atoms with Crippen LogP contribution in [0.1, 0.15) is 23.2 Å². The number of nitrogens with zero attached hydrogens (tertiary/aromatic N) is 5. The molecule has 2 aromatic heterocycles. The Labute approximate surface area is 194 Å². The number of aromatic nitrogens is 4. The summed E-state index contributed by atoms with van der Waals surface area (Å²) in [6, 6.07) is -0.202. The van der Waals surface area contributed by atoms with E-state index in [1.165, 1.54) is 4.90 Å². The third-order valence-corrected chi connectivity index (χ3v) is 5.26. The van der Waals surface area contributed by atoms with Gasteiger partial charge in [0.2, 0.25) is 11.9 Å². The lowest BCUT2D eigenvalue weighted by atomic mass is 10.1. The molecule has 0 aromatic carbocycles. The van der Waals surface area contributed by atoms with Crippen LogP contribution in [-0.4, -0.2) is 74.9 Å². The summed E-state index contributed by atoms with van der Waals surface area (Å²) in [6.45, 7) is 0.291. The second-order valence-electron chi connectivity index (χ2n) is 7.70. The summed E-state index contributed by atoms with van der Waals surface area (Å²) in [5, 5.41) is 17.6. The van der Waals surface area contributed by atoms with Gasteiger partial charge in [0.15, 0.2) is 0 Å². The number of aliphatic hydroxyl groups excluding tert-OH is 1. The lowest BCUT2D eigenvalue weighted by Crippen LogP contribution is -2.50. The third kappa shape index (κ3) is 6.88. The van der Waals surface area contributed by atoms with E-state index in [0.29, 0.717) is 18.5 Å². The summed E-state index contributed by atoms with van der Waals surface area (Å²) in [6.07, 6.45) is -8.19. The first kappa shape index (κ1) is 26.3. The molecule has 1 saturated heterocycles. The number of nitrogens with one attached hydrogen (secondary N) is 2. The summed E-state index contributed by atoms with van der Waals surface area (Å²) >= 11 is 0. The number of hydrogen-bond donors (Lipinski definition) is 3. The van der Waals surface area contributed by atoms with E-state index in [2.05, 4.69) is 20.4 Å². The molecule has 3 rings (SSSR count). The molecule has 1 aliphatic rings. The number of piperazine rings is 1. The van der Waals surface area contributed by atoms with Crippen molar-refractivity contribution in [3.05, 3.63) is 45.6 Å². The molecule has 35 heavy (non-hydrogen) atoms. The normalized spacial score (nSPS) is 15.9. The SMILES string of the molecule is O=C(C[C@@H](CO)NCc1cc(C(F)(F)F)c(=O)[nH]n1)N1CCN(c2ncc(C(F)(F)F)cn2)CC1. The molecular formula is C19H21F6N7O3. The number of halogens is 6. The molecule has 0 unspecified atom stereocenters. The maximum Gasteiger partial charge on any atom is 0.421 e. The first-order valence-electron chi connectivity index (χ1n) is 10.3. The highest BCUT2D eigenvalue weighted by Crippen LogP contribution is 2.28. The largest absolute Gasteiger partial charge is 0.421 e. The molecule has 3 N–H and O–H groups in total. The molecule has 1 atom stereocenters. The van der Waals surface area contributed by atoms with E-state index < -0.39 is 41.7 Å². The van der Waals surface area contributed by atoms with Crippen LogP contribution in [0.3, 0.4) is 0 Å². The lowest BCUT2D eigenvalue weighted by molar-refractivity contribution is -0.139. The van der Waals surface area contributed by atoms with Crippen LogP contribution in [0.15, 0.2) is 23.3 Å². The van der Waals surface area contributed by atoms with Crippen LogP contribution in [0.25, 0.3) is 0 Å². The first-order valence-corrected chi connectivity index (χ1v) is 10.3. The van der Waals surface area contributed by atoms with Gasteiger partial charge in [-0.2, -0.15) is 31.4 Å². The van der Waals surface area contributed by atoms with E-state index in [9.17, 15) is 41.0 Å². The molecule has 0 radical (unpaired) electrons. The Bertz CT molecular complexity index is 1070. The molecule has 1 amide bonds. The zero-order chi connectivity index (χ0) is 25.8. The van der Waals surface area contributed by atoms with E-state index in [4.69, 9.17) is 0 Å². The first-order chi connectivity index (χ1) is 16.4. The van der Waals surface area contributed by atoms with Gasteiger partial charge in [0.25, 0.3) is 5.56 Å². The molecular weight excluding hydrogens is 488 g/mol. The van der Waals surface area contributed by atoms with E-state index in [0.717, 1.165) is 0 Å². The number of H-pyrrole nitrogens is 1. The van der Waals surface area contributed by atoms with Crippen LogP contribution in [-0.2, 0) is 23.7 Å². The van der Waals surface area contributed by atoms with Crippen molar-refractivity contribution in [2.75, 3.05) is 37.7 Å². The molecule has 1 aliphatic heterocycles. The van der Waals surface area contributed by atoms with Gasteiger partial charge in [-0.25, -0.2) is 15.1 Å². The predicted octanol–water partition coefficient (Wildman–Crippen LogP) is 0.787. The fraction of sp³-hybridized carbons (Fsp3) is 0.526. The Morgan fingerprint density at radius 2 is 1.71 bits per heavy atom. The van der Waals surface area contributed by atoms with Crippen LogP contribution in [0, 0.1) is 0 Å². The molecule has 1 fully saturated rings. The Morgan fingerprint density at radius 1 is 1.09 bits per heavy atom. The highest BCUT2D eigenvalue weighted by Gasteiger charge is 2.35. The zero-order valence-corrected chi connectivity index (χ0v) is 18.0. The Morgan fingerprint density at radius 3 is 2.26 bits per heavy atom. The minimum atomic E-state index is -4.86. The average molecular weight is 509 g/mol. The Balaban J connectivity index is 1.51. The van der Waals surface area contributed by atoms with Crippen molar-refractivity contribution in [3.63, 3.8) is 0 Å². The molecule has 192 valence electrons. The summed E-state index contributed by atoms with van der Waals surface area (Å²) < 4.78 is 76.5. The van der Waals surface area contributed by atoms with Gasteiger partial charge >= 0.3 is 12.4 Å². The molecule has 10 nitrogen and oxygen atoms in total. The van der Waals surface area contributed by atoms with Crippen LogP contribution < -0.4 is 15.8 Å². The van der Waals surface area contributed by atoms with E-state index >= 15 is 0 Å². The van der Waals surface area contributed by atoms with Crippen LogP contribution in [0.4, 0.5) is 32.3 Å². The smallest absolute Gasteiger partial charge is 0.395 e. The zero-order valence-electron chi connectivity index (χ0n) is 18.0. The number of carbonyl (C=O) groups is 1. The number of alkyl halides is 6. The molecule has 2 aromatic rings. The fourth-order valence-electron chi connectivity index (χ4n) is 3.33. The van der Waals surface area contributed by atoms with Gasteiger partial charge in [-0.1, -0.05) is 0 Å². The monoisotopic (exact) mass is 509 g/mol. The van der Waals surface area contributed by atoms with Crippen molar-refractivity contribution in [1.82, 2.24) is 30.4 Å². The number of anilines is 1. The fourth-order valence-corrected chi connectivity index (χ4v) is 3.33. The number of aromatic amines is 1. The van der Waals surface area contributed by atoms with Gasteiger partial charge in [-0.15, -0.1) is 0 Å². The second-order valence-corrected chi connectivity index (χ2v) is 7.70. The minimum Gasteiger partial charge on any atom is -0.395 e. The van der Waals surface area contributed by atoms with Crippen molar-refractivity contribution in [1.29, 1.82) is 0 Å². The molecule has 16 heteroatoms. The van der Waals surface area contributed by atoms with Crippen molar-refractivity contribution in [3.8, 4) is 0 Å². The molecule has 0 spiro atoms. The van der Waals surface area contributed by atoms with Crippen LogP contribution in [0.5, 0.6) is 0 Å². The summed E-state index contributed by atoms with van der Waals surface area (Å²) in [4.78, 5) is 34.5. The highest BCUT2D eigenvalue weighted by molar-refractivity contribution is 5.77. The van der Waals surface area contributed by atoms with Gasteiger partial charge in [-0.3, -0.25) is 9.59 Å². The standard InChI is InChI=1S/C19H21F6N7O3/c20-18(21,22)11-7-27-17(28-8-11)32-3-1-31(2-4-32)15(34)6-13(10-33)26-9-12-5-14(19(23,24)25)16(35)30-29-12/h5,7-8,13,26,33H,1-4,6,9-10H2,(H,30,35)/t13-/m0/s1. The average Bonchev–Trinajstić information content (AvgIpc) is 2.81. The summed E-state index contributed by atoms with van der Waals surface area (Å²) in [7, 11) is 0. The van der Waals surface area contributed by atoms with Gasteiger partial charge in [0.1, 0.15) is 5.56 Å². The number of hydrogen-bond acceptors (Lipinski definition) is 8. The van der Waals surface area contributed by atoms with Crippen molar-refractivity contribution in [2.24, 2.45) is 0 Å². The predicted molar refractivity (Wildman–Crippen MR) is 108 cm³/mol. The molecule has 0 saturated carbocycles. The maximum atomic E-state index is 12.9.